The Balaban J connectivity index is 1.63. The Morgan fingerprint density at radius 1 is 0.607 bits per heavy atom. The van der Waals surface area contributed by atoms with Gasteiger partial charge in [-0.3, -0.25) is 0 Å². The topological polar surface area (TPSA) is 58.9 Å². The number of ether oxygens (including phenoxy) is 2. The number of hydrogen-bond donors (Lipinski definition) is 2. The Hall–Kier alpha value is -2.39. The van der Waals surface area contributed by atoms with E-state index >= 15 is 0 Å². The molecule has 4 nitrogen and oxygen atoms in total. The number of rotatable bonds is 8. The summed E-state index contributed by atoms with van der Waals surface area (Å²) in [6, 6.07) is 23.1. The van der Waals surface area contributed by atoms with E-state index < -0.39 is 18.1 Å². The fourth-order valence-electron chi connectivity index (χ4n) is 3.13. The SMILES string of the molecule is Cc1ccccc1[SiH](O)COc1ccccc1OC[SiH](O)c1ccccc1C. The van der Waals surface area contributed by atoms with Crippen molar-refractivity contribution in [3.63, 3.8) is 0 Å². The largest absolute Gasteiger partial charge is 0.490 e. The highest BCUT2D eigenvalue weighted by atomic mass is 28.3. The van der Waals surface area contributed by atoms with Gasteiger partial charge in [0.2, 0.25) is 18.1 Å². The van der Waals surface area contributed by atoms with Crippen molar-refractivity contribution < 1.29 is 19.1 Å². The van der Waals surface area contributed by atoms with E-state index in [2.05, 4.69) is 0 Å². The number of benzene rings is 3. The quantitative estimate of drug-likeness (QED) is 0.551. The molecule has 0 bridgehead atoms. The van der Waals surface area contributed by atoms with Gasteiger partial charge in [0.15, 0.2) is 11.5 Å². The molecule has 0 saturated heterocycles. The summed E-state index contributed by atoms with van der Waals surface area (Å²) in [5, 5.41) is 1.98. The van der Waals surface area contributed by atoms with Gasteiger partial charge in [-0.25, -0.2) is 0 Å². The molecule has 0 fully saturated rings. The zero-order valence-corrected chi connectivity index (χ0v) is 18.5. The van der Waals surface area contributed by atoms with Gasteiger partial charge in [0.05, 0.1) is 0 Å². The van der Waals surface area contributed by atoms with E-state index in [1.807, 2.05) is 86.6 Å². The van der Waals surface area contributed by atoms with Crippen molar-refractivity contribution in [3.05, 3.63) is 83.9 Å². The van der Waals surface area contributed by atoms with Crippen LogP contribution in [-0.4, -0.2) is 40.1 Å². The molecule has 2 unspecified atom stereocenters. The van der Waals surface area contributed by atoms with Crippen LogP contribution in [0.5, 0.6) is 11.5 Å². The summed E-state index contributed by atoms with van der Waals surface area (Å²) in [4.78, 5) is 21.2. The molecular weight excluding hydrogens is 384 g/mol. The molecule has 6 heteroatoms. The summed E-state index contributed by atoms with van der Waals surface area (Å²) in [5.74, 6) is 1.18. The first kappa shape index (κ1) is 20.4. The van der Waals surface area contributed by atoms with Gasteiger partial charge in [-0.15, -0.1) is 0 Å². The van der Waals surface area contributed by atoms with Gasteiger partial charge in [0, 0.05) is 0 Å². The van der Waals surface area contributed by atoms with Crippen LogP contribution in [0.4, 0.5) is 0 Å². The molecule has 3 aromatic carbocycles. The van der Waals surface area contributed by atoms with Crippen LogP contribution in [0.25, 0.3) is 0 Å². The Morgan fingerprint density at radius 2 is 0.964 bits per heavy atom. The van der Waals surface area contributed by atoms with Gasteiger partial charge in [0.25, 0.3) is 0 Å². The van der Waals surface area contributed by atoms with Crippen LogP contribution in [0.2, 0.25) is 0 Å². The van der Waals surface area contributed by atoms with E-state index in [0.717, 1.165) is 21.5 Å². The highest BCUT2D eigenvalue weighted by molar-refractivity contribution is 6.67. The minimum absolute atomic E-state index is 0.267. The summed E-state index contributed by atoms with van der Waals surface area (Å²) in [6.45, 7) is 4.00. The molecule has 0 aliphatic carbocycles. The van der Waals surface area contributed by atoms with E-state index in [0.29, 0.717) is 11.5 Å². The van der Waals surface area contributed by atoms with Gasteiger partial charge in [-0.1, -0.05) is 60.7 Å². The molecule has 28 heavy (non-hydrogen) atoms. The maximum Gasteiger partial charge on any atom is 0.242 e. The predicted molar refractivity (Wildman–Crippen MR) is 118 cm³/mol. The lowest BCUT2D eigenvalue weighted by Gasteiger charge is -2.17. The third-order valence-corrected chi connectivity index (χ3v) is 8.43. The minimum atomic E-state index is -2.20. The summed E-state index contributed by atoms with van der Waals surface area (Å²) in [6.07, 6.45) is 0.534. The molecule has 0 amide bonds. The average molecular weight is 411 g/mol. The van der Waals surface area contributed by atoms with Gasteiger partial charge in [0.1, 0.15) is 12.5 Å². The lowest BCUT2D eigenvalue weighted by atomic mass is 10.2. The second kappa shape index (κ2) is 9.70. The average Bonchev–Trinajstić information content (AvgIpc) is 2.71. The lowest BCUT2D eigenvalue weighted by molar-refractivity contribution is 0.310. The molecule has 0 saturated carbocycles. The highest BCUT2D eigenvalue weighted by Gasteiger charge is 2.17. The zero-order chi connectivity index (χ0) is 19.9. The van der Waals surface area contributed by atoms with Gasteiger partial charge in [-0.05, 0) is 47.5 Å². The first-order valence-electron chi connectivity index (χ1n) is 9.38. The molecule has 3 rings (SSSR count). The van der Waals surface area contributed by atoms with Gasteiger partial charge >= 0.3 is 0 Å². The molecule has 0 aromatic heterocycles. The van der Waals surface area contributed by atoms with E-state index in [9.17, 15) is 9.59 Å². The van der Waals surface area contributed by atoms with Gasteiger partial charge in [-0.2, -0.15) is 0 Å². The molecule has 3 aromatic rings. The lowest BCUT2D eigenvalue weighted by Crippen LogP contribution is -2.39. The molecule has 0 radical (unpaired) electrons. The molecule has 146 valence electrons. The normalized spacial score (nSPS) is 13.0. The van der Waals surface area contributed by atoms with Crippen molar-refractivity contribution in [1.82, 2.24) is 0 Å². The van der Waals surface area contributed by atoms with Crippen LogP contribution >= 0.6 is 0 Å². The number of hydrogen-bond acceptors (Lipinski definition) is 4. The van der Waals surface area contributed by atoms with Crippen molar-refractivity contribution in [2.75, 3.05) is 12.5 Å². The standard InChI is InChI=1S/C22H26O4Si2/c1-17-9-3-7-13-21(17)27(23)15-25-19-11-5-6-12-20(19)26-16-28(24)22-14-8-4-10-18(22)2/h3-14,23-24,27-28H,15-16H2,1-2H3. The first-order chi connectivity index (χ1) is 13.6. The maximum absolute atomic E-state index is 10.6. The van der Waals surface area contributed by atoms with E-state index in [-0.39, 0.29) is 12.5 Å². The molecule has 2 atom stereocenters. The zero-order valence-electron chi connectivity index (χ0n) is 16.2. The van der Waals surface area contributed by atoms with E-state index in [4.69, 9.17) is 9.47 Å². The predicted octanol–water partition coefficient (Wildman–Crippen LogP) is 1.39. The number of aryl methyl sites for hydroxylation is 2. The summed E-state index contributed by atoms with van der Waals surface area (Å²) in [5.41, 5.74) is 2.17. The summed E-state index contributed by atoms with van der Waals surface area (Å²) < 4.78 is 11.8. The van der Waals surface area contributed by atoms with E-state index in [1.165, 1.54) is 0 Å². The highest BCUT2D eigenvalue weighted by Crippen LogP contribution is 2.26. The second-order valence-corrected chi connectivity index (χ2v) is 10.8. The van der Waals surface area contributed by atoms with Crippen LogP contribution in [-0.2, 0) is 0 Å². The van der Waals surface area contributed by atoms with Crippen molar-refractivity contribution in [2.45, 2.75) is 13.8 Å². The Bertz CT molecular complexity index is 842. The van der Waals surface area contributed by atoms with Crippen molar-refractivity contribution in [3.8, 4) is 11.5 Å². The Morgan fingerprint density at radius 3 is 1.36 bits per heavy atom. The summed E-state index contributed by atoms with van der Waals surface area (Å²) in [7, 11) is -4.41. The third kappa shape index (κ3) is 5.11. The minimum Gasteiger partial charge on any atom is -0.490 e. The van der Waals surface area contributed by atoms with E-state index in [1.54, 1.807) is 0 Å². The molecule has 0 heterocycles. The van der Waals surface area contributed by atoms with Crippen LogP contribution in [0.3, 0.4) is 0 Å². The fourth-order valence-corrected chi connectivity index (χ4v) is 6.07. The molecule has 0 aliphatic rings. The van der Waals surface area contributed by atoms with Gasteiger partial charge < -0.3 is 19.1 Å². The van der Waals surface area contributed by atoms with Crippen LogP contribution in [0.1, 0.15) is 11.1 Å². The molecular formula is C22H26O4Si2. The first-order valence-corrected chi connectivity index (χ1v) is 13.2. The van der Waals surface area contributed by atoms with Crippen molar-refractivity contribution in [1.29, 1.82) is 0 Å². The smallest absolute Gasteiger partial charge is 0.242 e. The fraction of sp³-hybridized carbons (Fsp3) is 0.182. The Labute approximate surface area is 169 Å². The van der Waals surface area contributed by atoms with Crippen LogP contribution in [0, 0.1) is 13.8 Å². The third-order valence-electron chi connectivity index (χ3n) is 4.74. The maximum atomic E-state index is 10.6. The molecule has 0 aliphatic heterocycles. The summed E-state index contributed by atoms with van der Waals surface area (Å²) >= 11 is 0. The second-order valence-electron chi connectivity index (χ2n) is 6.81. The van der Waals surface area contributed by atoms with Crippen LogP contribution in [0.15, 0.2) is 72.8 Å². The molecule has 0 spiro atoms. The molecule has 2 N–H and O–H groups in total. The van der Waals surface area contributed by atoms with Crippen molar-refractivity contribution in [2.24, 2.45) is 0 Å². The van der Waals surface area contributed by atoms with Crippen molar-refractivity contribution >= 4 is 28.5 Å². The van der Waals surface area contributed by atoms with Crippen LogP contribution < -0.4 is 19.8 Å². The monoisotopic (exact) mass is 410 g/mol. The number of para-hydroxylation sites is 2. The Kier molecular flexibility index (Phi) is 7.05.